The lowest BCUT2D eigenvalue weighted by Gasteiger charge is -2.01. The van der Waals surface area contributed by atoms with Gasteiger partial charge in [0.15, 0.2) is 0 Å². The number of phenols is 1. The smallest absolute Gasteiger partial charge is 0.125 e. The third-order valence-corrected chi connectivity index (χ3v) is 2.94. The fraction of sp³-hybridized carbons (Fsp3) is 0.286. The van der Waals surface area contributed by atoms with Crippen LogP contribution in [-0.2, 0) is 6.54 Å². The number of aromatic hydroxyl groups is 1. The van der Waals surface area contributed by atoms with E-state index in [9.17, 15) is 5.11 Å². The molecule has 4 heteroatoms. The standard InChI is InChI=1S/C14H15N3O/c1-9(2)8-17-15-12-7-13(18)10-5-3-4-6-11(10)14(12)16-17/h3-7,9,18H,8H2,1-2H3. The molecule has 18 heavy (non-hydrogen) atoms. The van der Waals surface area contributed by atoms with Crippen molar-refractivity contribution in [2.75, 3.05) is 0 Å². The fourth-order valence-corrected chi connectivity index (χ4v) is 2.18. The van der Waals surface area contributed by atoms with Gasteiger partial charge < -0.3 is 5.11 Å². The molecule has 0 aliphatic carbocycles. The Kier molecular flexibility index (Phi) is 2.44. The largest absolute Gasteiger partial charge is 0.507 e. The van der Waals surface area contributed by atoms with Crippen LogP contribution in [0.2, 0.25) is 0 Å². The van der Waals surface area contributed by atoms with Gasteiger partial charge in [-0.2, -0.15) is 15.0 Å². The molecule has 1 heterocycles. The monoisotopic (exact) mass is 241 g/mol. The molecule has 0 amide bonds. The molecule has 0 saturated heterocycles. The summed E-state index contributed by atoms with van der Waals surface area (Å²) < 4.78 is 0. The van der Waals surface area contributed by atoms with Crippen LogP contribution < -0.4 is 0 Å². The number of benzene rings is 2. The number of nitrogens with zero attached hydrogens (tertiary/aromatic N) is 3. The van der Waals surface area contributed by atoms with E-state index >= 15 is 0 Å². The van der Waals surface area contributed by atoms with Crippen LogP contribution in [0.5, 0.6) is 5.75 Å². The first-order chi connectivity index (χ1) is 8.65. The zero-order valence-corrected chi connectivity index (χ0v) is 10.5. The van der Waals surface area contributed by atoms with Crippen molar-refractivity contribution in [3.63, 3.8) is 0 Å². The molecule has 1 N–H and O–H groups in total. The predicted octanol–water partition coefficient (Wildman–Crippen LogP) is 2.95. The van der Waals surface area contributed by atoms with Gasteiger partial charge in [-0.05, 0) is 5.92 Å². The van der Waals surface area contributed by atoms with Crippen molar-refractivity contribution in [3.05, 3.63) is 30.3 Å². The van der Waals surface area contributed by atoms with Crippen molar-refractivity contribution < 1.29 is 5.11 Å². The van der Waals surface area contributed by atoms with Crippen molar-refractivity contribution in [2.45, 2.75) is 20.4 Å². The minimum Gasteiger partial charge on any atom is -0.507 e. The quantitative estimate of drug-likeness (QED) is 0.750. The van der Waals surface area contributed by atoms with Crippen LogP contribution in [0.4, 0.5) is 0 Å². The second-order valence-electron chi connectivity index (χ2n) is 4.96. The molecule has 1 aromatic heterocycles. The number of fused-ring (bicyclic) bond motifs is 3. The second-order valence-corrected chi connectivity index (χ2v) is 4.96. The van der Waals surface area contributed by atoms with Gasteiger partial charge >= 0.3 is 0 Å². The van der Waals surface area contributed by atoms with Crippen molar-refractivity contribution in [2.24, 2.45) is 5.92 Å². The van der Waals surface area contributed by atoms with E-state index in [0.29, 0.717) is 5.92 Å². The van der Waals surface area contributed by atoms with E-state index in [1.807, 2.05) is 24.3 Å². The first-order valence-corrected chi connectivity index (χ1v) is 6.10. The summed E-state index contributed by atoms with van der Waals surface area (Å²) in [5.41, 5.74) is 1.59. The van der Waals surface area contributed by atoms with Gasteiger partial charge in [0, 0.05) is 16.8 Å². The lowest BCUT2D eigenvalue weighted by molar-refractivity contribution is 0.442. The third kappa shape index (κ3) is 1.70. The summed E-state index contributed by atoms with van der Waals surface area (Å²) in [7, 11) is 0. The maximum Gasteiger partial charge on any atom is 0.125 e. The number of hydrogen-bond acceptors (Lipinski definition) is 3. The molecule has 0 saturated carbocycles. The molecular weight excluding hydrogens is 226 g/mol. The van der Waals surface area contributed by atoms with Gasteiger partial charge in [0.1, 0.15) is 16.8 Å². The highest BCUT2D eigenvalue weighted by molar-refractivity contribution is 6.06. The highest BCUT2D eigenvalue weighted by Crippen LogP contribution is 2.30. The van der Waals surface area contributed by atoms with Gasteiger partial charge in [0.05, 0.1) is 6.54 Å². The molecule has 0 fully saturated rings. The maximum absolute atomic E-state index is 9.98. The van der Waals surface area contributed by atoms with Crippen LogP contribution in [-0.4, -0.2) is 20.1 Å². The van der Waals surface area contributed by atoms with E-state index in [0.717, 1.165) is 28.4 Å². The number of rotatable bonds is 2. The second kappa shape index (κ2) is 3.98. The normalized spacial score (nSPS) is 11.7. The average Bonchev–Trinajstić information content (AvgIpc) is 2.71. The van der Waals surface area contributed by atoms with E-state index in [1.54, 1.807) is 10.9 Å². The Labute approximate surface area is 105 Å². The van der Waals surface area contributed by atoms with Crippen molar-refractivity contribution in [1.82, 2.24) is 15.0 Å². The molecule has 3 aromatic rings. The maximum atomic E-state index is 9.98. The fourth-order valence-electron chi connectivity index (χ4n) is 2.18. The van der Waals surface area contributed by atoms with Gasteiger partial charge in [-0.1, -0.05) is 38.1 Å². The van der Waals surface area contributed by atoms with E-state index in [1.165, 1.54) is 0 Å². The molecule has 0 aliphatic rings. The molecule has 4 nitrogen and oxygen atoms in total. The lowest BCUT2D eigenvalue weighted by Crippen LogP contribution is -2.07. The molecule has 3 rings (SSSR count). The zero-order chi connectivity index (χ0) is 12.7. The molecular formula is C14H15N3O. The van der Waals surface area contributed by atoms with E-state index in [2.05, 4.69) is 24.0 Å². The Morgan fingerprint density at radius 3 is 2.61 bits per heavy atom. The van der Waals surface area contributed by atoms with Gasteiger partial charge in [-0.15, -0.1) is 0 Å². The average molecular weight is 241 g/mol. The van der Waals surface area contributed by atoms with Gasteiger partial charge in [-0.3, -0.25) is 0 Å². The summed E-state index contributed by atoms with van der Waals surface area (Å²) >= 11 is 0. The van der Waals surface area contributed by atoms with Crippen LogP contribution in [0.25, 0.3) is 21.8 Å². The molecule has 0 unspecified atom stereocenters. The first kappa shape index (κ1) is 11.0. The van der Waals surface area contributed by atoms with Gasteiger partial charge in [-0.25, -0.2) is 0 Å². The molecule has 0 radical (unpaired) electrons. The van der Waals surface area contributed by atoms with Crippen LogP contribution in [0.1, 0.15) is 13.8 Å². The molecule has 92 valence electrons. The summed E-state index contributed by atoms with van der Waals surface area (Å²) in [6, 6.07) is 9.40. The van der Waals surface area contributed by atoms with Crippen LogP contribution in [0.3, 0.4) is 0 Å². The predicted molar refractivity (Wildman–Crippen MR) is 71.5 cm³/mol. The first-order valence-electron chi connectivity index (χ1n) is 6.10. The van der Waals surface area contributed by atoms with Gasteiger partial charge in [0.25, 0.3) is 0 Å². The highest BCUT2D eigenvalue weighted by Gasteiger charge is 2.10. The number of aromatic nitrogens is 3. The minimum atomic E-state index is 0.259. The topological polar surface area (TPSA) is 50.9 Å². The lowest BCUT2D eigenvalue weighted by atomic mass is 10.1. The Bertz CT molecular complexity index is 715. The van der Waals surface area contributed by atoms with Crippen molar-refractivity contribution >= 4 is 21.8 Å². The Morgan fingerprint density at radius 1 is 1.17 bits per heavy atom. The molecule has 0 spiro atoms. The Hall–Kier alpha value is -2.10. The molecule has 2 aromatic carbocycles. The Balaban J connectivity index is 2.29. The van der Waals surface area contributed by atoms with E-state index in [4.69, 9.17) is 0 Å². The molecule has 0 atom stereocenters. The van der Waals surface area contributed by atoms with Crippen molar-refractivity contribution in [1.29, 1.82) is 0 Å². The van der Waals surface area contributed by atoms with Gasteiger partial charge in [0.2, 0.25) is 0 Å². The van der Waals surface area contributed by atoms with Crippen molar-refractivity contribution in [3.8, 4) is 5.75 Å². The minimum absolute atomic E-state index is 0.259. The Morgan fingerprint density at radius 2 is 1.89 bits per heavy atom. The highest BCUT2D eigenvalue weighted by atomic mass is 16.3. The SMILES string of the molecule is CC(C)Cn1nc2cc(O)c3ccccc3c2n1. The summed E-state index contributed by atoms with van der Waals surface area (Å²) in [5, 5.41) is 20.7. The number of hydrogen-bond donors (Lipinski definition) is 1. The van der Waals surface area contributed by atoms with Crippen LogP contribution in [0.15, 0.2) is 30.3 Å². The summed E-state index contributed by atoms with van der Waals surface area (Å²) in [4.78, 5) is 1.71. The van der Waals surface area contributed by atoms with E-state index < -0.39 is 0 Å². The van der Waals surface area contributed by atoms with Crippen LogP contribution in [0, 0.1) is 5.92 Å². The molecule has 0 aliphatic heterocycles. The summed E-state index contributed by atoms with van der Waals surface area (Å²) in [6.45, 7) is 5.04. The third-order valence-electron chi connectivity index (χ3n) is 2.94. The molecule has 0 bridgehead atoms. The summed E-state index contributed by atoms with van der Waals surface area (Å²) in [5.74, 6) is 0.751. The zero-order valence-electron chi connectivity index (χ0n) is 10.5. The van der Waals surface area contributed by atoms with Crippen LogP contribution >= 0.6 is 0 Å². The number of phenolic OH excluding ortho intramolecular Hbond substituents is 1. The summed E-state index contributed by atoms with van der Waals surface area (Å²) in [6.07, 6.45) is 0. The van der Waals surface area contributed by atoms with E-state index in [-0.39, 0.29) is 5.75 Å².